The minimum atomic E-state index is -0.810. The van der Waals surface area contributed by atoms with Crippen LogP contribution in [0.5, 0.6) is 5.88 Å². The summed E-state index contributed by atoms with van der Waals surface area (Å²) in [6, 6.07) is 0. The topological polar surface area (TPSA) is 55.2 Å². The molecule has 4 rings (SSSR count). The summed E-state index contributed by atoms with van der Waals surface area (Å²) in [5.74, 6) is 3.07. The average Bonchev–Trinajstić information content (AvgIpc) is 3.09. The molecule has 1 heterocycles. The highest BCUT2D eigenvalue weighted by Crippen LogP contribution is 2.65. The van der Waals surface area contributed by atoms with Gasteiger partial charge in [-0.05, 0) is 49.4 Å². The van der Waals surface area contributed by atoms with Crippen LogP contribution in [0.15, 0.2) is 12.4 Å². The van der Waals surface area contributed by atoms with Gasteiger partial charge in [-0.25, -0.2) is 4.98 Å². The predicted octanol–water partition coefficient (Wildman–Crippen LogP) is 2.13. The molecule has 0 radical (unpaired) electrons. The summed E-state index contributed by atoms with van der Waals surface area (Å²) in [4.78, 5) is 8.61. The van der Waals surface area contributed by atoms with Crippen LogP contribution in [-0.4, -0.2) is 22.2 Å². The molecule has 4 nitrogen and oxygen atoms in total. The van der Waals surface area contributed by atoms with Crippen LogP contribution in [0.1, 0.15) is 37.8 Å². The summed E-state index contributed by atoms with van der Waals surface area (Å²) in [6.45, 7) is 0. The van der Waals surface area contributed by atoms with Crippen LogP contribution in [0.4, 0.5) is 0 Å². The summed E-state index contributed by atoms with van der Waals surface area (Å²) in [5, 5.41) is 11.2. The number of aromatic nitrogens is 2. The Balaban J connectivity index is 1.75. The molecule has 0 aromatic carbocycles. The predicted molar refractivity (Wildman–Crippen MR) is 69.5 cm³/mol. The molecule has 1 aromatic heterocycles. The zero-order valence-corrected chi connectivity index (χ0v) is 11.2. The molecule has 3 aliphatic rings. The Morgan fingerprint density at radius 2 is 2.05 bits per heavy atom. The van der Waals surface area contributed by atoms with E-state index in [-0.39, 0.29) is 0 Å². The van der Waals surface area contributed by atoms with Crippen LogP contribution in [0.25, 0.3) is 0 Å². The van der Waals surface area contributed by atoms with Gasteiger partial charge in [0.15, 0.2) is 0 Å². The minimum absolute atomic E-state index is 0.357. The summed E-state index contributed by atoms with van der Waals surface area (Å²) in [5.41, 5.74) is -0.147. The summed E-state index contributed by atoms with van der Waals surface area (Å²) < 4.78 is 5.31. The zero-order chi connectivity index (χ0) is 13.0. The van der Waals surface area contributed by atoms with Crippen LogP contribution in [0.2, 0.25) is 0 Å². The molecule has 102 valence electrons. The lowest BCUT2D eigenvalue weighted by molar-refractivity contribution is -0.0565. The van der Waals surface area contributed by atoms with E-state index in [0.717, 1.165) is 18.8 Å². The highest BCUT2D eigenvalue weighted by Gasteiger charge is 2.62. The number of hydrogen-bond acceptors (Lipinski definition) is 4. The number of aliphatic hydroxyl groups is 1. The van der Waals surface area contributed by atoms with Gasteiger partial charge in [-0.15, -0.1) is 0 Å². The number of ether oxygens (including phenoxy) is 1. The van der Waals surface area contributed by atoms with Gasteiger partial charge in [0.1, 0.15) is 11.3 Å². The normalized spacial score (nSPS) is 43.5. The van der Waals surface area contributed by atoms with Crippen molar-refractivity contribution in [3.8, 4) is 5.88 Å². The number of rotatable bonds is 2. The molecular weight excluding hydrogens is 240 g/mol. The van der Waals surface area contributed by atoms with Crippen LogP contribution < -0.4 is 4.74 Å². The van der Waals surface area contributed by atoms with E-state index < -0.39 is 5.60 Å². The molecule has 0 aliphatic heterocycles. The monoisotopic (exact) mass is 260 g/mol. The van der Waals surface area contributed by atoms with E-state index in [2.05, 4.69) is 9.97 Å². The van der Waals surface area contributed by atoms with Crippen LogP contribution in [0, 0.1) is 23.7 Å². The van der Waals surface area contributed by atoms with Crippen molar-refractivity contribution in [2.45, 2.75) is 37.7 Å². The van der Waals surface area contributed by atoms with Crippen molar-refractivity contribution < 1.29 is 9.84 Å². The first-order valence-electron chi connectivity index (χ1n) is 7.32. The van der Waals surface area contributed by atoms with Gasteiger partial charge < -0.3 is 9.84 Å². The minimum Gasteiger partial charge on any atom is -0.480 e. The Kier molecular flexibility index (Phi) is 2.40. The highest BCUT2D eigenvalue weighted by molar-refractivity contribution is 5.29. The van der Waals surface area contributed by atoms with Crippen molar-refractivity contribution in [3.63, 3.8) is 0 Å². The first-order chi connectivity index (χ1) is 9.24. The third-order valence-electron chi connectivity index (χ3n) is 5.76. The lowest BCUT2D eigenvalue weighted by atomic mass is 9.71. The maximum Gasteiger partial charge on any atom is 0.238 e. The Hall–Kier alpha value is -1.16. The second-order valence-corrected chi connectivity index (χ2v) is 6.40. The van der Waals surface area contributed by atoms with Crippen molar-refractivity contribution in [2.24, 2.45) is 23.7 Å². The standard InChI is InChI=1S/C15H20N2O2/c1-19-14-13(16-5-6-17-14)15(18)8-9-7-12(15)11-4-2-3-10(9)11/h5-6,9-12,18H,2-4,7-8H2,1H3. The van der Waals surface area contributed by atoms with Crippen LogP contribution in [0.3, 0.4) is 0 Å². The van der Waals surface area contributed by atoms with Gasteiger partial charge in [0.2, 0.25) is 5.88 Å². The molecule has 1 aromatic rings. The van der Waals surface area contributed by atoms with Gasteiger partial charge in [0.25, 0.3) is 0 Å². The Morgan fingerprint density at radius 1 is 1.26 bits per heavy atom. The smallest absolute Gasteiger partial charge is 0.238 e. The van der Waals surface area contributed by atoms with Crippen molar-refractivity contribution in [1.82, 2.24) is 9.97 Å². The van der Waals surface area contributed by atoms with Crippen molar-refractivity contribution in [3.05, 3.63) is 18.1 Å². The van der Waals surface area contributed by atoms with Crippen molar-refractivity contribution in [2.75, 3.05) is 7.11 Å². The molecule has 5 atom stereocenters. The van der Waals surface area contributed by atoms with E-state index in [1.807, 2.05) is 0 Å². The highest BCUT2D eigenvalue weighted by atomic mass is 16.5. The fraction of sp³-hybridized carbons (Fsp3) is 0.733. The van der Waals surface area contributed by atoms with Crippen molar-refractivity contribution in [1.29, 1.82) is 0 Å². The van der Waals surface area contributed by atoms with Crippen LogP contribution in [-0.2, 0) is 5.60 Å². The van der Waals surface area contributed by atoms with Crippen molar-refractivity contribution >= 4 is 0 Å². The fourth-order valence-corrected chi connectivity index (χ4v) is 5.16. The SMILES string of the molecule is COc1nccnc1C1(O)CC2CC1C1CCCC21. The Bertz CT molecular complexity index is 507. The molecule has 0 spiro atoms. The maximum absolute atomic E-state index is 11.2. The second kappa shape index (κ2) is 3.92. The molecule has 0 saturated heterocycles. The molecule has 1 N–H and O–H groups in total. The van der Waals surface area contributed by atoms with Gasteiger partial charge in [0.05, 0.1) is 7.11 Å². The number of hydrogen-bond donors (Lipinski definition) is 1. The molecule has 5 unspecified atom stereocenters. The maximum atomic E-state index is 11.2. The van der Waals surface area contributed by atoms with E-state index in [4.69, 9.17) is 4.74 Å². The molecule has 0 amide bonds. The largest absolute Gasteiger partial charge is 0.480 e. The summed E-state index contributed by atoms with van der Waals surface area (Å²) >= 11 is 0. The van der Waals surface area contributed by atoms with E-state index in [0.29, 0.717) is 29.3 Å². The third kappa shape index (κ3) is 1.43. The second-order valence-electron chi connectivity index (χ2n) is 6.40. The van der Waals surface area contributed by atoms with Gasteiger partial charge >= 0.3 is 0 Å². The summed E-state index contributed by atoms with van der Waals surface area (Å²) in [6.07, 6.45) is 9.25. The fourth-order valence-electron chi connectivity index (χ4n) is 5.16. The molecular formula is C15H20N2O2. The molecule has 4 heteroatoms. The molecule has 2 bridgehead atoms. The van der Waals surface area contributed by atoms with E-state index in [1.54, 1.807) is 19.5 Å². The molecule has 3 aliphatic carbocycles. The van der Waals surface area contributed by atoms with Gasteiger partial charge in [-0.2, -0.15) is 0 Å². The third-order valence-corrected chi connectivity index (χ3v) is 5.76. The Labute approximate surface area is 113 Å². The molecule has 3 fully saturated rings. The first kappa shape index (κ1) is 11.6. The van der Waals surface area contributed by atoms with E-state index in [9.17, 15) is 5.11 Å². The van der Waals surface area contributed by atoms with Gasteiger partial charge in [-0.3, -0.25) is 4.98 Å². The lowest BCUT2D eigenvalue weighted by Crippen LogP contribution is -2.40. The number of nitrogens with zero attached hydrogens (tertiary/aromatic N) is 2. The molecule has 19 heavy (non-hydrogen) atoms. The Morgan fingerprint density at radius 3 is 2.89 bits per heavy atom. The van der Waals surface area contributed by atoms with Gasteiger partial charge in [0, 0.05) is 12.4 Å². The van der Waals surface area contributed by atoms with E-state index >= 15 is 0 Å². The average molecular weight is 260 g/mol. The number of fused-ring (bicyclic) bond motifs is 5. The first-order valence-corrected chi connectivity index (χ1v) is 7.32. The zero-order valence-electron chi connectivity index (χ0n) is 11.2. The van der Waals surface area contributed by atoms with Crippen LogP contribution >= 0.6 is 0 Å². The quantitative estimate of drug-likeness (QED) is 0.885. The molecule has 3 saturated carbocycles. The van der Waals surface area contributed by atoms with E-state index in [1.165, 1.54) is 19.3 Å². The lowest BCUT2D eigenvalue weighted by Gasteiger charge is -2.38. The van der Waals surface area contributed by atoms with Gasteiger partial charge in [-0.1, -0.05) is 6.42 Å². The summed E-state index contributed by atoms with van der Waals surface area (Å²) in [7, 11) is 1.60. The number of methoxy groups -OCH3 is 1.